The number of fused-ring (bicyclic) bond motifs is 1. The second-order valence-corrected chi connectivity index (χ2v) is 20.6. The van der Waals surface area contributed by atoms with E-state index >= 15 is 0 Å². The topological polar surface area (TPSA) is 155 Å². The fraction of sp³-hybridized carbons (Fsp3) is 0.407. The lowest BCUT2D eigenvalue weighted by atomic mass is 9.59. The van der Waals surface area contributed by atoms with Crippen LogP contribution >= 0.6 is 11.9 Å². The van der Waals surface area contributed by atoms with Gasteiger partial charge in [-0.2, -0.15) is 0 Å². The average Bonchev–Trinajstić information content (AvgIpc) is 3.83. The Hall–Kier alpha value is -6.09. The number of nitro benzene ring substituents is 1. The van der Waals surface area contributed by atoms with Crippen LogP contribution in [-0.4, -0.2) is 82.5 Å². The first-order valence-electron chi connectivity index (χ1n) is 24.3. The number of H-pyrrole nitrogens is 1. The number of hydrogen-bond acceptors (Lipinski definition) is 11. The number of anilines is 2. The highest BCUT2D eigenvalue weighted by Crippen LogP contribution is 2.54. The van der Waals surface area contributed by atoms with Gasteiger partial charge in [0.05, 0.1) is 23.8 Å². The summed E-state index contributed by atoms with van der Waals surface area (Å²) in [5.41, 5.74) is 12.5. The number of piperidine rings is 1. The normalized spacial score (nSPS) is 21.2. The lowest BCUT2D eigenvalue weighted by Gasteiger charge is -2.59. The third-order valence-corrected chi connectivity index (χ3v) is 16.2. The molecule has 1 amide bonds. The summed E-state index contributed by atoms with van der Waals surface area (Å²) in [5, 5.41) is 12.4. The van der Waals surface area contributed by atoms with E-state index in [1.54, 1.807) is 25.4 Å². The van der Waals surface area contributed by atoms with Crippen molar-refractivity contribution in [3.8, 4) is 17.2 Å². The number of piperazine rings is 1. The number of benzene rings is 4. The summed E-state index contributed by atoms with van der Waals surface area (Å²) in [4.78, 5) is 41.1. The lowest BCUT2D eigenvalue weighted by Crippen LogP contribution is -2.61. The number of ether oxygens (including phenoxy) is 2. The number of nitrogens with zero attached hydrogens (tertiary/aromatic N) is 5. The van der Waals surface area contributed by atoms with E-state index in [0.29, 0.717) is 57.3 Å². The molecule has 2 saturated heterocycles. The summed E-state index contributed by atoms with van der Waals surface area (Å²) in [6.07, 6.45) is 13.2. The van der Waals surface area contributed by atoms with Crippen LogP contribution in [0.5, 0.6) is 17.2 Å². The zero-order chi connectivity index (χ0) is 46.9. The maximum absolute atomic E-state index is 13.8. The van der Waals surface area contributed by atoms with E-state index < -0.39 is 10.8 Å². The first kappa shape index (κ1) is 45.7. The second kappa shape index (κ2) is 19.5. The highest BCUT2D eigenvalue weighted by atomic mass is 32.2. The van der Waals surface area contributed by atoms with E-state index in [4.69, 9.17) is 15.2 Å². The minimum Gasteiger partial charge on any atom is -0.497 e. The summed E-state index contributed by atoms with van der Waals surface area (Å²) < 4.78 is 14.8. The molecule has 2 aromatic heterocycles. The minimum atomic E-state index is -0.532. The monoisotopic (exact) mass is 934 g/mol. The molecular formula is C54H62N8O5S. The van der Waals surface area contributed by atoms with Crippen LogP contribution in [0.1, 0.15) is 110 Å². The van der Waals surface area contributed by atoms with Gasteiger partial charge in [0.15, 0.2) is 0 Å². The molecule has 14 heteroatoms. The maximum atomic E-state index is 13.8. The number of carbonyl (C=O) groups is 1. The van der Waals surface area contributed by atoms with Crippen molar-refractivity contribution in [2.24, 2.45) is 5.41 Å². The first-order valence-corrected chi connectivity index (χ1v) is 25.1. The number of rotatable bonds is 13. The average molecular weight is 935 g/mol. The number of nitrogen functional groups attached to an aromatic ring is 1. The maximum Gasteiger partial charge on any atom is 0.293 e. The van der Waals surface area contributed by atoms with Crippen LogP contribution in [0.2, 0.25) is 0 Å². The molecule has 2 aliphatic heterocycles. The molecule has 0 bridgehead atoms. The number of hydrogen-bond donors (Lipinski definition) is 3. The molecule has 2 saturated carbocycles. The summed E-state index contributed by atoms with van der Waals surface area (Å²) in [5.74, 6) is 2.49. The molecule has 3 unspecified atom stereocenters. The quantitative estimate of drug-likeness (QED) is 0.0439. The van der Waals surface area contributed by atoms with Gasteiger partial charge in [-0.05, 0) is 139 Å². The highest BCUT2D eigenvalue weighted by molar-refractivity contribution is 7.98. The van der Waals surface area contributed by atoms with Gasteiger partial charge >= 0.3 is 0 Å². The zero-order valence-electron chi connectivity index (χ0n) is 39.2. The van der Waals surface area contributed by atoms with Crippen molar-refractivity contribution in [2.45, 2.75) is 100 Å². The van der Waals surface area contributed by atoms with Gasteiger partial charge < -0.3 is 25.1 Å². The first-order chi connectivity index (χ1) is 33.0. The number of nitrogens with one attached hydrogen (secondary N) is 2. The Morgan fingerprint density at radius 1 is 0.941 bits per heavy atom. The summed E-state index contributed by atoms with van der Waals surface area (Å²) in [6.45, 7) is 9.82. The van der Waals surface area contributed by atoms with E-state index in [-0.39, 0.29) is 11.4 Å². The SMILES string of the molecule is COc1ccc(C2CCCC(N3CCN(C4CC5(CCN(c6ccc(C(=O)NSc7ccc(N)c([N+](=O)[O-])c7)c(Oc7cnc8[nH]ccc8c7)c6)CC5)C4)C(c4ccccc4C(C)C)C3)C2)cc1. The van der Waals surface area contributed by atoms with Gasteiger partial charge in [-0.3, -0.25) is 29.4 Å². The molecule has 4 fully saturated rings. The molecule has 4 aromatic carbocycles. The molecule has 1 spiro atoms. The highest BCUT2D eigenvalue weighted by Gasteiger charge is 2.50. The number of nitrogens with two attached hydrogens (primary N) is 1. The van der Waals surface area contributed by atoms with Crippen molar-refractivity contribution < 1.29 is 19.2 Å². The van der Waals surface area contributed by atoms with Crippen molar-refractivity contribution in [3.05, 3.63) is 142 Å². The molecule has 0 radical (unpaired) electrons. The smallest absolute Gasteiger partial charge is 0.293 e. The van der Waals surface area contributed by atoms with E-state index in [1.165, 1.54) is 67.3 Å². The van der Waals surface area contributed by atoms with Crippen molar-refractivity contribution >= 4 is 46.0 Å². The van der Waals surface area contributed by atoms with Gasteiger partial charge in [-0.25, -0.2) is 4.98 Å². The Morgan fingerprint density at radius 3 is 2.53 bits per heavy atom. The predicted octanol–water partition coefficient (Wildman–Crippen LogP) is 11.2. The van der Waals surface area contributed by atoms with Gasteiger partial charge in [0, 0.05) is 85.1 Å². The molecule has 3 atom stereocenters. The third-order valence-electron chi connectivity index (χ3n) is 15.4. The molecule has 4 aliphatic rings. The van der Waals surface area contributed by atoms with Crippen molar-refractivity contribution in [1.29, 1.82) is 0 Å². The van der Waals surface area contributed by atoms with Crippen molar-refractivity contribution in [2.75, 3.05) is 50.5 Å². The van der Waals surface area contributed by atoms with Gasteiger partial charge in [0.2, 0.25) is 0 Å². The van der Waals surface area contributed by atoms with Crippen LogP contribution in [0.25, 0.3) is 11.0 Å². The number of nitro groups is 1. The molecule has 354 valence electrons. The zero-order valence-corrected chi connectivity index (χ0v) is 40.1. The van der Waals surface area contributed by atoms with E-state index in [9.17, 15) is 14.9 Å². The Bertz CT molecular complexity index is 2760. The number of aromatic amines is 1. The second-order valence-electron chi connectivity index (χ2n) is 19.8. The molecule has 2 aliphatic carbocycles. The van der Waals surface area contributed by atoms with Gasteiger partial charge in [-0.1, -0.05) is 56.7 Å². The molecule has 6 aromatic rings. The van der Waals surface area contributed by atoms with Crippen LogP contribution in [0.15, 0.2) is 114 Å². The number of aromatic nitrogens is 2. The van der Waals surface area contributed by atoms with Gasteiger partial charge in [-0.15, -0.1) is 0 Å². The van der Waals surface area contributed by atoms with Gasteiger partial charge in [0.1, 0.15) is 28.6 Å². The van der Waals surface area contributed by atoms with Crippen LogP contribution in [0.4, 0.5) is 17.1 Å². The number of amides is 1. The summed E-state index contributed by atoms with van der Waals surface area (Å²) in [6, 6.07) is 33.6. The van der Waals surface area contributed by atoms with Crippen molar-refractivity contribution in [1.82, 2.24) is 24.5 Å². The fourth-order valence-electron chi connectivity index (χ4n) is 11.7. The minimum absolute atomic E-state index is 0.0613. The number of carbonyl (C=O) groups excluding carboxylic acids is 1. The van der Waals surface area contributed by atoms with E-state index in [2.05, 4.69) is 91.8 Å². The third kappa shape index (κ3) is 9.50. The van der Waals surface area contributed by atoms with E-state index in [0.717, 1.165) is 80.0 Å². The molecule has 4 N–H and O–H groups in total. The van der Waals surface area contributed by atoms with Gasteiger partial charge in [0.25, 0.3) is 11.6 Å². The summed E-state index contributed by atoms with van der Waals surface area (Å²) in [7, 11) is 1.74. The Kier molecular flexibility index (Phi) is 13.1. The Balaban J connectivity index is 0.824. The molecule has 13 nitrogen and oxygen atoms in total. The van der Waals surface area contributed by atoms with Crippen LogP contribution in [0.3, 0.4) is 0 Å². The van der Waals surface area contributed by atoms with Crippen LogP contribution in [-0.2, 0) is 0 Å². The van der Waals surface area contributed by atoms with E-state index in [1.807, 2.05) is 30.5 Å². The largest absolute Gasteiger partial charge is 0.497 e. The predicted molar refractivity (Wildman–Crippen MR) is 270 cm³/mol. The van der Waals surface area contributed by atoms with Crippen LogP contribution in [0, 0.1) is 15.5 Å². The fourth-order valence-corrected chi connectivity index (χ4v) is 12.3. The standard InChI is InChI=1S/C54H62N8O5S/c1-35(2)45-9-4-5-10-46(45)50-34-60(39-8-6-7-37(27-39)36-11-14-42(66-3)15-12-36)25-26-61(50)41-31-54(32-41)20-23-59(24-21-54)40-13-17-47(51(29-40)67-43-28-38-19-22-56-52(38)57-33-43)53(63)58-68-44-16-18-48(55)49(30-44)62(64)65/h4-5,9-19,22,28-30,33,35,37,39,41,50H,6-8,20-21,23-27,31-32,34,55H2,1-3H3,(H,56,57)(H,58,63). The molecule has 4 heterocycles. The Labute approximate surface area is 403 Å². The molecule has 68 heavy (non-hydrogen) atoms. The summed E-state index contributed by atoms with van der Waals surface area (Å²) >= 11 is 0.989. The Morgan fingerprint density at radius 2 is 1.75 bits per heavy atom. The van der Waals surface area contributed by atoms with Crippen LogP contribution < -0.4 is 24.8 Å². The lowest BCUT2D eigenvalue weighted by molar-refractivity contribution is -0.384. The number of pyridine rings is 1. The number of methoxy groups -OCH3 is 1. The molecular weight excluding hydrogens is 873 g/mol. The molecule has 10 rings (SSSR count). The van der Waals surface area contributed by atoms with Crippen molar-refractivity contribution in [3.63, 3.8) is 0 Å².